The Labute approximate surface area is 204 Å². The van der Waals surface area contributed by atoms with E-state index in [1.54, 1.807) is 23.3 Å². The third-order valence-corrected chi connectivity index (χ3v) is 7.56. The lowest BCUT2D eigenvalue weighted by molar-refractivity contribution is -0.142. The highest BCUT2D eigenvalue weighted by Crippen LogP contribution is 2.29. The van der Waals surface area contributed by atoms with Gasteiger partial charge in [0.15, 0.2) is 0 Å². The van der Waals surface area contributed by atoms with E-state index in [0.29, 0.717) is 11.6 Å². The Bertz CT molecular complexity index is 1200. The summed E-state index contributed by atoms with van der Waals surface area (Å²) in [6, 6.07) is 10.5. The fourth-order valence-corrected chi connectivity index (χ4v) is 5.62. The van der Waals surface area contributed by atoms with E-state index in [4.69, 9.17) is 4.42 Å². The second-order valence-corrected chi connectivity index (χ2v) is 10.1. The number of rotatable bonds is 9. The molecule has 4 aromatic heterocycles. The topological polar surface area (TPSA) is 106 Å². The van der Waals surface area contributed by atoms with Gasteiger partial charge < -0.3 is 14.6 Å². The molecular formula is C23H24N6O3S2. The van der Waals surface area contributed by atoms with Crippen LogP contribution in [-0.4, -0.2) is 43.0 Å². The largest absolute Gasteiger partial charge is 0.467 e. The number of amides is 2. The van der Waals surface area contributed by atoms with Crippen LogP contribution in [0, 0.1) is 0 Å². The molecule has 2 amide bonds. The van der Waals surface area contributed by atoms with Crippen molar-refractivity contribution in [2.24, 2.45) is 0 Å². The van der Waals surface area contributed by atoms with Crippen LogP contribution in [-0.2, 0) is 22.7 Å². The van der Waals surface area contributed by atoms with Crippen LogP contribution in [0.2, 0.25) is 0 Å². The first-order chi connectivity index (χ1) is 16.7. The van der Waals surface area contributed by atoms with E-state index in [0.717, 1.165) is 35.4 Å². The van der Waals surface area contributed by atoms with Crippen molar-refractivity contribution < 1.29 is 14.0 Å². The predicted molar refractivity (Wildman–Crippen MR) is 128 cm³/mol. The van der Waals surface area contributed by atoms with E-state index in [1.807, 2.05) is 35.0 Å². The van der Waals surface area contributed by atoms with Gasteiger partial charge in [0.25, 0.3) is 0 Å². The minimum absolute atomic E-state index is 0.140. The fraction of sp³-hybridized carbons (Fsp3) is 0.348. The van der Waals surface area contributed by atoms with Crippen molar-refractivity contribution in [3.63, 3.8) is 0 Å². The molecule has 0 aliphatic heterocycles. The molecule has 4 aromatic rings. The maximum absolute atomic E-state index is 13.6. The van der Waals surface area contributed by atoms with Crippen LogP contribution in [0.25, 0.3) is 10.7 Å². The summed E-state index contributed by atoms with van der Waals surface area (Å²) >= 11 is 2.95. The van der Waals surface area contributed by atoms with Gasteiger partial charge in [0.1, 0.15) is 18.3 Å². The van der Waals surface area contributed by atoms with Gasteiger partial charge in [0.05, 0.1) is 17.7 Å². The number of nitrogens with one attached hydrogen (secondary N) is 1. The number of furan rings is 1. The molecule has 0 bridgehead atoms. The highest BCUT2D eigenvalue weighted by molar-refractivity contribution is 7.13. The molecule has 1 aliphatic rings. The summed E-state index contributed by atoms with van der Waals surface area (Å²) in [5, 5.41) is 19.5. The van der Waals surface area contributed by atoms with Crippen molar-refractivity contribution in [1.29, 1.82) is 0 Å². The average Bonchev–Trinajstić information content (AvgIpc) is 3.65. The summed E-state index contributed by atoms with van der Waals surface area (Å²) in [7, 11) is 0. The first-order valence-corrected chi connectivity index (χ1v) is 12.9. The molecule has 0 aromatic carbocycles. The Morgan fingerprint density at radius 3 is 2.68 bits per heavy atom. The van der Waals surface area contributed by atoms with Gasteiger partial charge in [-0.1, -0.05) is 25.0 Å². The van der Waals surface area contributed by atoms with E-state index in [2.05, 4.69) is 20.7 Å². The minimum Gasteiger partial charge on any atom is -0.467 e. The highest BCUT2D eigenvalue weighted by Gasteiger charge is 2.34. The van der Waals surface area contributed by atoms with Crippen LogP contribution in [0.5, 0.6) is 0 Å². The normalized spacial score (nSPS) is 14.8. The molecule has 1 aliphatic carbocycles. The molecular weight excluding hydrogens is 472 g/mol. The summed E-state index contributed by atoms with van der Waals surface area (Å²) in [4.78, 5) is 31.6. The molecule has 1 saturated carbocycles. The third kappa shape index (κ3) is 5.10. The van der Waals surface area contributed by atoms with Crippen molar-refractivity contribution in [3.05, 3.63) is 64.1 Å². The molecule has 0 spiro atoms. The fourth-order valence-electron chi connectivity index (χ4n) is 4.14. The van der Waals surface area contributed by atoms with Gasteiger partial charge >= 0.3 is 0 Å². The van der Waals surface area contributed by atoms with E-state index in [-0.39, 0.29) is 30.9 Å². The maximum Gasteiger partial charge on any atom is 0.248 e. The van der Waals surface area contributed by atoms with Gasteiger partial charge in [-0.05, 0) is 53.1 Å². The predicted octanol–water partition coefficient (Wildman–Crippen LogP) is 3.89. The van der Waals surface area contributed by atoms with Crippen LogP contribution in [0.1, 0.15) is 42.4 Å². The van der Waals surface area contributed by atoms with Gasteiger partial charge in [0.2, 0.25) is 17.6 Å². The second kappa shape index (κ2) is 10.3. The number of hydrogen-bond acceptors (Lipinski definition) is 8. The van der Waals surface area contributed by atoms with E-state index in [9.17, 15) is 9.59 Å². The summed E-state index contributed by atoms with van der Waals surface area (Å²) in [5.74, 6) is 0.579. The number of aromatic nitrogens is 4. The maximum atomic E-state index is 13.6. The summed E-state index contributed by atoms with van der Waals surface area (Å²) in [6.07, 6.45) is 5.69. The SMILES string of the molecule is O=C(NC1CCCC1)[C@H](c1cccs1)N(Cc1ccco1)C(=O)Cn1nnc(-c2cccs2)n1. The number of thiophene rings is 2. The molecule has 0 radical (unpaired) electrons. The van der Waals surface area contributed by atoms with Crippen molar-refractivity contribution in [2.75, 3.05) is 0 Å². The molecule has 0 saturated heterocycles. The Morgan fingerprint density at radius 1 is 1.15 bits per heavy atom. The Hall–Kier alpha value is -3.31. The van der Waals surface area contributed by atoms with Crippen molar-refractivity contribution in [3.8, 4) is 10.7 Å². The lowest BCUT2D eigenvalue weighted by Gasteiger charge is -2.30. The number of carbonyl (C=O) groups excluding carboxylic acids is 2. The van der Waals surface area contributed by atoms with Gasteiger partial charge in [-0.3, -0.25) is 9.59 Å². The number of tetrazole rings is 1. The molecule has 34 heavy (non-hydrogen) atoms. The van der Waals surface area contributed by atoms with E-state index >= 15 is 0 Å². The third-order valence-electron chi connectivity index (χ3n) is 5.77. The van der Waals surface area contributed by atoms with Gasteiger partial charge in [-0.25, -0.2) is 0 Å². The zero-order valence-corrected chi connectivity index (χ0v) is 20.0. The van der Waals surface area contributed by atoms with Gasteiger partial charge in [0, 0.05) is 10.9 Å². The Morgan fingerprint density at radius 2 is 1.97 bits per heavy atom. The molecule has 176 valence electrons. The Kier molecular flexibility index (Phi) is 6.82. The molecule has 1 fully saturated rings. The van der Waals surface area contributed by atoms with E-state index in [1.165, 1.54) is 27.5 Å². The standard InChI is InChI=1S/C23H24N6O3S2/c30-20(15-29-26-22(25-27-29)19-10-5-13-34-19)28(14-17-8-3-11-32-17)21(18-9-4-12-33-18)23(31)24-16-6-1-2-7-16/h3-5,8-13,16,21H,1-2,6-7,14-15H2,(H,24,31)/t21-/m0/s1. The average molecular weight is 497 g/mol. The number of hydrogen-bond donors (Lipinski definition) is 1. The lowest BCUT2D eigenvalue weighted by Crippen LogP contribution is -2.46. The van der Waals surface area contributed by atoms with Crippen LogP contribution in [0.3, 0.4) is 0 Å². The summed E-state index contributed by atoms with van der Waals surface area (Å²) in [6.45, 7) is 0.0105. The van der Waals surface area contributed by atoms with Crippen molar-refractivity contribution in [1.82, 2.24) is 30.4 Å². The lowest BCUT2D eigenvalue weighted by atomic mass is 10.1. The number of carbonyl (C=O) groups is 2. The van der Waals surface area contributed by atoms with Crippen LogP contribution >= 0.6 is 22.7 Å². The molecule has 9 nitrogen and oxygen atoms in total. The molecule has 11 heteroatoms. The molecule has 4 heterocycles. The Balaban J connectivity index is 1.41. The highest BCUT2D eigenvalue weighted by atomic mass is 32.1. The molecule has 1 atom stereocenters. The zero-order chi connectivity index (χ0) is 23.3. The molecule has 5 rings (SSSR count). The van der Waals surface area contributed by atoms with Crippen LogP contribution < -0.4 is 5.32 Å². The zero-order valence-electron chi connectivity index (χ0n) is 18.4. The number of nitrogens with zero attached hydrogens (tertiary/aromatic N) is 5. The van der Waals surface area contributed by atoms with Gasteiger partial charge in [-0.2, -0.15) is 4.80 Å². The van der Waals surface area contributed by atoms with E-state index < -0.39 is 6.04 Å². The quantitative estimate of drug-likeness (QED) is 0.377. The summed E-state index contributed by atoms with van der Waals surface area (Å²) in [5.41, 5.74) is 0. The van der Waals surface area contributed by atoms with Gasteiger partial charge in [-0.15, -0.1) is 32.9 Å². The first-order valence-electron chi connectivity index (χ1n) is 11.1. The van der Waals surface area contributed by atoms with Crippen LogP contribution in [0.4, 0.5) is 0 Å². The second-order valence-electron chi connectivity index (χ2n) is 8.13. The molecule has 0 unspecified atom stereocenters. The minimum atomic E-state index is -0.779. The smallest absolute Gasteiger partial charge is 0.248 e. The first kappa shape index (κ1) is 22.5. The van der Waals surface area contributed by atoms with Crippen molar-refractivity contribution >= 4 is 34.5 Å². The van der Waals surface area contributed by atoms with Crippen LogP contribution in [0.15, 0.2) is 57.8 Å². The monoisotopic (exact) mass is 496 g/mol. The molecule has 1 N–H and O–H groups in total. The van der Waals surface area contributed by atoms with Crippen molar-refractivity contribution in [2.45, 2.75) is 50.9 Å². The summed E-state index contributed by atoms with van der Waals surface area (Å²) < 4.78 is 5.53.